The number of rotatable bonds is 4. The van der Waals surface area contributed by atoms with Gasteiger partial charge in [-0.2, -0.15) is 0 Å². The number of halogens is 1. The maximum Gasteiger partial charge on any atom is 0.123 e. The summed E-state index contributed by atoms with van der Waals surface area (Å²) in [5.41, 5.74) is 1.08. The lowest BCUT2D eigenvalue weighted by Crippen LogP contribution is -2.22. The molecular formula is C11H14FN. The van der Waals surface area contributed by atoms with E-state index in [9.17, 15) is 4.39 Å². The third kappa shape index (κ3) is 3.38. The summed E-state index contributed by atoms with van der Waals surface area (Å²) in [6.07, 6.45) is 1.84. The van der Waals surface area contributed by atoms with Gasteiger partial charge in [0.05, 0.1) is 0 Å². The third-order valence-electron chi connectivity index (χ3n) is 1.89. The lowest BCUT2D eigenvalue weighted by molar-refractivity contribution is 0.618. The lowest BCUT2D eigenvalue weighted by Gasteiger charge is -2.08. The van der Waals surface area contributed by atoms with Gasteiger partial charge in [-0.15, -0.1) is 6.58 Å². The summed E-state index contributed by atoms with van der Waals surface area (Å²) >= 11 is 0. The van der Waals surface area contributed by atoms with Crippen molar-refractivity contribution in [2.45, 2.75) is 19.5 Å². The van der Waals surface area contributed by atoms with E-state index in [1.54, 1.807) is 12.1 Å². The molecule has 1 rings (SSSR count). The minimum Gasteiger partial charge on any atom is -0.307 e. The van der Waals surface area contributed by atoms with E-state index in [1.807, 2.05) is 13.0 Å². The summed E-state index contributed by atoms with van der Waals surface area (Å²) in [7, 11) is 0. The highest BCUT2D eigenvalue weighted by Crippen LogP contribution is 2.02. The van der Waals surface area contributed by atoms with E-state index in [0.29, 0.717) is 0 Å². The molecule has 2 heteroatoms. The Balaban J connectivity index is 2.45. The van der Waals surface area contributed by atoms with Crippen LogP contribution >= 0.6 is 0 Å². The van der Waals surface area contributed by atoms with Gasteiger partial charge >= 0.3 is 0 Å². The average Bonchev–Trinajstić information content (AvgIpc) is 2.16. The SMILES string of the molecule is C=CC(C)NCc1ccc(F)cc1. The van der Waals surface area contributed by atoms with Gasteiger partial charge in [0.25, 0.3) is 0 Å². The Hall–Kier alpha value is -1.15. The maximum atomic E-state index is 12.5. The number of hydrogen-bond acceptors (Lipinski definition) is 1. The van der Waals surface area contributed by atoms with E-state index in [4.69, 9.17) is 0 Å². The predicted octanol–water partition coefficient (Wildman–Crippen LogP) is 2.49. The molecule has 0 aliphatic carbocycles. The summed E-state index contributed by atoms with van der Waals surface area (Å²) in [5, 5.41) is 3.23. The molecular weight excluding hydrogens is 165 g/mol. The summed E-state index contributed by atoms with van der Waals surface area (Å²) in [4.78, 5) is 0. The van der Waals surface area contributed by atoms with Crippen molar-refractivity contribution < 1.29 is 4.39 Å². The highest BCUT2D eigenvalue weighted by Gasteiger charge is 1.96. The Bertz CT molecular complexity index is 266. The van der Waals surface area contributed by atoms with Gasteiger partial charge in [0, 0.05) is 12.6 Å². The predicted molar refractivity (Wildman–Crippen MR) is 52.9 cm³/mol. The van der Waals surface area contributed by atoms with Crippen LogP contribution in [-0.2, 0) is 6.54 Å². The zero-order valence-electron chi connectivity index (χ0n) is 7.76. The Kier molecular flexibility index (Phi) is 3.65. The van der Waals surface area contributed by atoms with Crippen LogP contribution in [0.15, 0.2) is 36.9 Å². The van der Waals surface area contributed by atoms with Crippen molar-refractivity contribution in [2.75, 3.05) is 0 Å². The van der Waals surface area contributed by atoms with E-state index in [2.05, 4.69) is 11.9 Å². The van der Waals surface area contributed by atoms with E-state index in [0.717, 1.165) is 12.1 Å². The molecule has 0 saturated carbocycles. The van der Waals surface area contributed by atoms with Crippen molar-refractivity contribution in [1.29, 1.82) is 0 Å². The van der Waals surface area contributed by atoms with E-state index < -0.39 is 0 Å². The summed E-state index contributed by atoms with van der Waals surface area (Å²) in [6, 6.07) is 6.77. The third-order valence-corrected chi connectivity index (χ3v) is 1.89. The largest absolute Gasteiger partial charge is 0.307 e. The van der Waals surface area contributed by atoms with Gasteiger partial charge in [0.1, 0.15) is 5.82 Å². The fraction of sp³-hybridized carbons (Fsp3) is 0.273. The second-order valence-corrected chi connectivity index (χ2v) is 3.03. The van der Waals surface area contributed by atoms with Crippen LogP contribution in [0.25, 0.3) is 0 Å². The van der Waals surface area contributed by atoms with Gasteiger partial charge in [0.2, 0.25) is 0 Å². The van der Waals surface area contributed by atoms with Crippen LogP contribution in [0.2, 0.25) is 0 Å². The van der Waals surface area contributed by atoms with Gasteiger partial charge in [-0.1, -0.05) is 18.2 Å². The van der Waals surface area contributed by atoms with E-state index in [1.165, 1.54) is 12.1 Å². The second-order valence-electron chi connectivity index (χ2n) is 3.03. The molecule has 1 nitrogen and oxygen atoms in total. The first kappa shape index (κ1) is 9.93. The van der Waals surface area contributed by atoms with Crippen LogP contribution in [-0.4, -0.2) is 6.04 Å². The van der Waals surface area contributed by atoms with Crippen LogP contribution < -0.4 is 5.32 Å². The van der Waals surface area contributed by atoms with Crippen molar-refractivity contribution >= 4 is 0 Å². The monoisotopic (exact) mass is 179 g/mol. The normalized spacial score (nSPS) is 12.5. The molecule has 0 saturated heterocycles. The highest BCUT2D eigenvalue weighted by molar-refractivity contribution is 5.15. The van der Waals surface area contributed by atoms with Gasteiger partial charge in [-0.05, 0) is 24.6 Å². The zero-order valence-corrected chi connectivity index (χ0v) is 7.76. The molecule has 0 radical (unpaired) electrons. The Morgan fingerprint density at radius 1 is 1.46 bits per heavy atom. The molecule has 1 N–H and O–H groups in total. The molecule has 1 aromatic rings. The molecule has 0 fully saturated rings. The molecule has 0 aromatic heterocycles. The molecule has 1 atom stereocenters. The Labute approximate surface area is 78.3 Å². The smallest absolute Gasteiger partial charge is 0.123 e. The van der Waals surface area contributed by atoms with Crippen molar-refractivity contribution in [3.63, 3.8) is 0 Å². The molecule has 70 valence electrons. The standard InChI is InChI=1S/C11H14FN/c1-3-9(2)13-8-10-4-6-11(12)7-5-10/h3-7,9,13H,1,8H2,2H3. The van der Waals surface area contributed by atoms with Crippen molar-refractivity contribution in [3.8, 4) is 0 Å². The van der Waals surface area contributed by atoms with Gasteiger partial charge in [0.15, 0.2) is 0 Å². The van der Waals surface area contributed by atoms with Crippen molar-refractivity contribution in [1.82, 2.24) is 5.32 Å². The minimum atomic E-state index is -0.194. The van der Waals surface area contributed by atoms with Crippen LogP contribution in [0.1, 0.15) is 12.5 Å². The minimum absolute atomic E-state index is 0.194. The molecule has 1 aromatic carbocycles. The molecule has 0 spiro atoms. The van der Waals surface area contributed by atoms with Crippen molar-refractivity contribution in [3.05, 3.63) is 48.3 Å². The lowest BCUT2D eigenvalue weighted by atomic mass is 10.2. The first-order valence-corrected chi connectivity index (χ1v) is 4.33. The van der Waals surface area contributed by atoms with Crippen LogP contribution in [0.3, 0.4) is 0 Å². The second kappa shape index (κ2) is 4.77. The summed E-state index contributed by atoms with van der Waals surface area (Å²) in [6.45, 7) is 6.43. The van der Waals surface area contributed by atoms with Gasteiger partial charge in [-0.3, -0.25) is 0 Å². The molecule has 0 heterocycles. The molecule has 1 unspecified atom stereocenters. The molecule has 13 heavy (non-hydrogen) atoms. The number of benzene rings is 1. The van der Waals surface area contributed by atoms with Gasteiger partial charge < -0.3 is 5.32 Å². The first-order chi connectivity index (χ1) is 6.22. The Morgan fingerprint density at radius 2 is 2.08 bits per heavy atom. The average molecular weight is 179 g/mol. The first-order valence-electron chi connectivity index (χ1n) is 4.33. The maximum absolute atomic E-state index is 12.5. The molecule has 0 amide bonds. The van der Waals surface area contributed by atoms with E-state index >= 15 is 0 Å². The van der Waals surface area contributed by atoms with Crippen LogP contribution in [0, 0.1) is 5.82 Å². The highest BCUT2D eigenvalue weighted by atomic mass is 19.1. The quantitative estimate of drug-likeness (QED) is 0.700. The Morgan fingerprint density at radius 3 is 2.62 bits per heavy atom. The van der Waals surface area contributed by atoms with Gasteiger partial charge in [-0.25, -0.2) is 4.39 Å². The molecule has 0 aliphatic rings. The fourth-order valence-electron chi connectivity index (χ4n) is 0.964. The van der Waals surface area contributed by atoms with Crippen LogP contribution in [0.4, 0.5) is 4.39 Å². The number of nitrogens with one attached hydrogen (secondary N) is 1. The number of hydrogen-bond donors (Lipinski definition) is 1. The fourth-order valence-corrected chi connectivity index (χ4v) is 0.964. The van der Waals surface area contributed by atoms with Crippen molar-refractivity contribution in [2.24, 2.45) is 0 Å². The van der Waals surface area contributed by atoms with Crippen LogP contribution in [0.5, 0.6) is 0 Å². The summed E-state index contributed by atoms with van der Waals surface area (Å²) < 4.78 is 12.5. The molecule has 0 aliphatic heterocycles. The van der Waals surface area contributed by atoms with E-state index in [-0.39, 0.29) is 11.9 Å². The zero-order chi connectivity index (χ0) is 9.68. The summed E-state index contributed by atoms with van der Waals surface area (Å²) in [5.74, 6) is -0.194. The molecule has 0 bridgehead atoms. The topological polar surface area (TPSA) is 12.0 Å².